The molecule has 0 spiro atoms. The maximum absolute atomic E-state index is 10.5. The molecule has 0 aromatic rings. The van der Waals surface area contributed by atoms with Crippen LogP contribution in [0.5, 0.6) is 0 Å². The number of carbonyl (C=O) groups is 1. The highest BCUT2D eigenvalue weighted by Gasteiger charge is 2.25. The molecule has 0 amide bonds. The van der Waals surface area contributed by atoms with E-state index in [4.69, 9.17) is 0 Å². The van der Waals surface area contributed by atoms with Gasteiger partial charge >= 0.3 is 0 Å². The first-order valence-corrected chi connectivity index (χ1v) is 4.55. The molecule has 12 heavy (non-hydrogen) atoms. The zero-order chi connectivity index (χ0) is 9.14. The van der Waals surface area contributed by atoms with E-state index in [0.717, 1.165) is 31.1 Å². The number of aliphatic hydroxyl groups is 1. The predicted molar refractivity (Wildman–Crippen MR) is 47.9 cm³/mol. The second-order valence-corrected chi connectivity index (χ2v) is 3.49. The third-order valence-electron chi connectivity index (χ3n) is 2.85. The minimum atomic E-state index is -0.229. The summed E-state index contributed by atoms with van der Waals surface area (Å²) in [7, 11) is 0. The number of aldehydes is 1. The maximum atomic E-state index is 10.5. The molecule has 0 aromatic carbocycles. The molecule has 1 aliphatic carbocycles. The summed E-state index contributed by atoms with van der Waals surface area (Å²) in [6, 6.07) is 0. The van der Waals surface area contributed by atoms with Gasteiger partial charge in [0, 0.05) is 0 Å². The molecule has 0 radical (unpaired) electrons. The summed E-state index contributed by atoms with van der Waals surface area (Å²) >= 11 is 0. The molecular formula is C10H16O2. The van der Waals surface area contributed by atoms with Crippen LogP contribution in [0.1, 0.15) is 33.1 Å². The highest BCUT2D eigenvalue weighted by atomic mass is 16.3. The lowest BCUT2D eigenvalue weighted by Gasteiger charge is -2.26. The van der Waals surface area contributed by atoms with E-state index in [1.807, 2.05) is 6.92 Å². The lowest BCUT2D eigenvalue weighted by molar-refractivity contribution is -0.111. The third-order valence-corrected chi connectivity index (χ3v) is 2.85. The molecule has 0 heterocycles. The number of hydrogen-bond acceptors (Lipinski definition) is 2. The van der Waals surface area contributed by atoms with Gasteiger partial charge < -0.3 is 9.90 Å². The number of hydrogen-bond donors (Lipinski definition) is 1. The van der Waals surface area contributed by atoms with Crippen LogP contribution >= 0.6 is 0 Å². The van der Waals surface area contributed by atoms with Gasteiger partial charge in [0.05, 0.1) is 5.92 Å². The van der Waals surface area contributed by atoms with E-state index in [0.29, 0.717) is 11.7 Å². The van der Waals surface area contributed by atoms with Gasteiger partial charge in [-0.05, 0) is 37.7 Å². The lowest BCUT2D eigenvalue weighted by Crippen LogP contribution is -2.18. The fourth-order valence-corrected chi connectivity index (χ4v) is 1.88. The van der Waals surface area contributed by atoms with E-state index in [2.05, 4.69) is 6.92 Å². The van der Waals surface area contributed by atoms with Gasteiger partial charge in [-0.1, -0.05) is 6.92 Å². The fraction of sp³-hybridized carbons (Fsp3) is 0.700. The number of rotatable bonds is 2. The fourth-order valence-electron chi connectivity index (χ4n) is 1.88. The van der Waals surface area contributed by atoms with Crippen LogP contribution in [0.4, 0.5) is 0 Å². The van der Waals surface area contributed by atoms with Gasteiger partial charge in [0.15, 0.2) is 0 Å². The van der Waals surface area contributed by atoms with Crippen molar-refractivity contribution in [3.05, 3.63) is 11.3 Å². The summed E-state index contributed by atoms with van der Waals surface area (Å²) < 4.78 is 0. The quantitative estimate of drug-likeness (QED) is 0.643. The monoisotopic (exact) mass is 168 g/mol. The summed E-state index contributed by atoms with van der Waals surface area (Å²) in [4.78, 5) is 10.5. The van der Waals surface area contributed by atoms with E-state index < -0.39 is 0 Å². The normalized spacial score (nSPS) is 30.5. The second kappa shape index (κ2) is 3.74. The lowest BCUT2D eigenvalue weighted by atomic mass is 9.81. The summed E-state index contributed by atoms with van der Waals surface area (Å²) in [6.07, 6.45) is 3.76. The van der Waals surface area contributed by atoms with Gasteiger partial charge in [0.2, 0.25) is 0 Å². The molecule has 0 saturated carbocycles. The molecular weight excluding hydrogens is 152 g/mol. The van der Waals surface area contributed by atoms with Gasteiger partial charge in [-0.2, -0.15) is 0 Å². The van der Waals surface area contributed by atoms with Crippen molar-refractivity contribution < 1.29 is 9.90 Å². The van der Waals surface area contributed by atoms with E-state index in [1.165, 1.54) is 0 Å². The predicted octanol–water partition coefficient (Wildman–Crippen LogP) is 2.45. The Hall–Kier alpha value is -0.790. The van der Waals surface area contributed by atoms with Gasteiger partial charge in [0.25, 0.3) is 0 Å². The van der Waals surface area contributed by atoms with Crippen molar-refractivity contribution in [2.45, 2.75) is 33.1 Å². The van der Waals surface area contributed by atoms with Crippen molar-refractivity contribution in [3.8, 4) is 0 Å². The Balaban J connectivity index is 2.84. The maximum Gasteiger partial charge on any atom is 0.130 e. The average molecular weight is 168 g/mol. The molecule has 2 atom stereocenters. The van der Waals surface area contributed by atoms with E-state index >= 15 is 0 Å². The van der Waals surface area contributed by atoms with Crippen LogP contribution < -0.4 is 0 Å². The molecule has 2 unspecified atom stereocenters. The van der Waals surface area contributed by atoms with Crippen molar-refractivity contribution in [1.29, 1.82) is 0 Å². The Morgan fingerprint density at radius 2 is 2.25 bits per heavy atom. The standard InChI is InChI=1S/C10H16O2/c1-3-8-4-5-9(6-11)10(12)7(8)2/h6,8-9,12H,3-5H2,1-2H3. The van der Waals surface area contributed by atoms with Crippen LogP contribution in [-0.2, 0) is 4.79 Å². The first-order valence-electron chi connectivity index (χ1n) is 4.55. The molecule has 0 aliphatic heterocycles. The van der Waals surface area contributed by atoms with Crippen LogP contribution in [0.25, 0.3) is 0 Å². The Kier molecular flexibility index (Phi) is 2.90. The molecule has 2 nitrogen and oxygen atoms in total. The van der Waals surface area contributed by atoms with Gasteiger partial charge in [-0.3, -0.25) is 0 Å². The molecule has 1 N–H and O–H groups in total. The molecule has 68 valence electrons. The summed E-state index contributed by atoms with van der Waals surface area (Å²) in [5, 5.41) is 9.59. The average Bonchev–Trinajstić information content (AvgIpc) is 2.10. The highest BCUT2D eigenvalue weighted by molar-refractivity contribution is 5.58. The van der Waals surface area contributed by atoms with Crippen molar-refractivity contribution in [2.24, 2.45) is 11.8 Å². The van der Waals surface area contributed by atoms with Crippen molar-refractivity contribution in [3.63, 3.8) is 0 Å². The highest BCUT2D eigenvalue weighted by Crippen LogP contribution is 2.33. The number of aliphatic hydroxyl groups excluding tert-OH is 1. The largest absolute Gasteiger partial charge is 0.512 e. The first-order chi connectivity index (χ1) is 5.70. The zero-order valence-corrected chi connectivity index (χ0v) is 7.71. The Labute approximate surface area is 73.3 Å². The van der Waals surface area contributed by atoms with Crippen molar-refractivity contribution >= 4 is 6.29 Å². The molecule has 0 bridgehead atoms. The van der Waals surface area contributed by atoms with Crippen LogP contribution in [0, 0.1) is 11.8 Å². The van der Waals surface area contributed by atoms with Crippen LogP contribution in [0.3, 0.4) is 0 Å². The van der Waals surface area contributed by atoms with Crippen LogP contribution in [-0.4, -0.2) is 11.4 Å². The molecule has 0 aromatic heterocycles. The molecule has 0 fully saturated rings. The Morgan fingerprint density at radius 3 is 2.75 bits per heavy atom. The van der Waals surface area contributed by atoms with Gasteiger partial charge in [-0.25, -0.2) is 0 Å². The first kappa shape index (κ1) is 9.30. The van der Waals surface area contributed by atoms with Crippen LogP contribution in [0.15, 0.2) is 11.3 Å². The zero-order valence-electron chi connectivity index (χ0n) is 7.71. The van der Waals surface area contributed by atoms with Crippen molar-refractivity contribution in [1.82, 2.24) is 0 Å². The van der Waals surface area contributed by atoms with E-state index in [1.54, 1.807) is 0 Å². The Bertz CT molecular complexity index is 206. The SMILES string of the molecule is CCC1CCC(C=O)C(O)=C1C. The minimum absolute atomic E-state index is 0.229. The second-order valence-electron chi connectivity index (χ2n) is 3.49. The van der Waals surface area contributed by atoms with Gasteiger partial charge in [0.1, 0.15) is 12.0 Å². The molecule has 2 heteroatoms. The smallest absolute Gasteiger partial charge is 0.130 e. The van der Waals surface area contributed by atoms with Gasteiger partial charge in [-0.15, -0.1) is 0 Å². The molecule has 1 rings (SSSR count). The molecule has 1 aliphatic rings. The molecule has 0 saturated heterocycles. The number of allylic oxidation sites excluding steroid dienone is 2. The summed E-state index contributed by atoms with van der Waals surface area (Å²) in [5.41, 5.74) is 1.01. The third kappa shape index (κ3) is 1.52. The topological polar surface area (TPSA) is 37.3 Å². The van der Waals surface area contributed by atoms with E-state index in [9.17, 15) is 9.90 Å². The summed E-state index contributed by atoms with van der Waals surface area (Å²) in [6.45, 7) is 4.04. The van der Waals surface area contributed by atoms with E-state index in [-0.39, 0.29) is 5.92 Å². The van der Waals surface area contributed by atoms with Crippen LogP contribution in [0.2, 0.25) is 0 Å². The summed E-state index contributed by atoms with van der Waals surface area (Å²) in [5.74, 6) is 0.581. The minimum Gasteiger partial charge on any atom is -0.512 e. The number of carbonyl (C=O) groups excluding carboxylic acids is 1. The Morgan fingerprint density at radius 1 is 1.58 bits per heavy atom. The van der Waals surface area contributed by atoms with Crippen molar-refractivity contribution in [2.75, 3.05) is 0 Å².